The van der Waals surface area contributed by atoms with Gasteiger partial charge in [-0.25, -0.2) is 0 Å². The van der Waals surface area contributed by atoms with Crippen LogP contribution in [-0.4, -0.2) is 24.4 Å². The Hall–Kier alpha value is -1.25. The van der Waals surface area contributed by atoms with Crippen LogP contribution in [0.4, 0.5) is 0 Å². The molecular formula is C8H11NO2. The molecule has 0 atom stereocenters. The molecule has 0 aromatic carbocycles. The first-order valence-electron chi connectivity index (χ1n) is 3.54. The van der Waals surface area contributed by atoms with Crippen molar-refractivity contribution in [2.45, 2.75) is 6.92 Å². The van der Waals surface area contributed by atoms with Crippen LogP contribution in [0.15, 0.2) is 22.8 Å². The average Bonchev–Trinajstić information content (AvgIpc) is 2.53. The van der Waals surface area contributed by atoms with Crippen molar-refractivity contribution in [2.75, 3.05) is 13.6 Å². The smallest absolute Gasteiger partial charge is 0.289 e. The van der Waals surface area contributed by atoms with Gasteiger partial charge in [0.1, 0.15) is 0 Å². The number of furan rings is 1. The fraction of sp³-hybridized carbons (Fsp3) is 0.375. The van der Waals surface area contributed by atoms with E-state index in [1.165, 1.54) is 6.26 Å². The van der Waals surface area contributed by atoms with Crippen LogP contribution in [0.2, 0.25) is 0 Å². The number of rotatable bonds is 2. The van der Waals surface area contributed by atoms with E-state index in [-0.39, 0.29) is 5.91 Å². The monoisotopic (exact) mass is 153 g/mol. The van der Waals surface area contributed by atoms with Gasteiger partial charge in [-0.05, 0) is 19.1 Å². The van der Waals surface area contributed by atoms with Crippen LogP contribution < -0.4 is 0 Å². The van der Waals surface area contributed by atoms with Crippen molar-refractivity contribution in [3.05, 3.63) is 24.2 Å². The van der Waals surface area contributed by atoms with Gasteiger partial charge in [-0.15, -0.1) is 0 Å². The molecule has 0 spiro atoms. The maximum atomic E-state index is 11.3. The van der Waals surface area contributed by atoms with Gasteiger partial charge >= 0.3 is 0 Å². The number of hydrogen-bond acceptors (Lipinski definition) is 2. The zero-order valence-corrected chi connectivity index (χ0v) is 6.70. The van der Waals surface area contributed by atoms with E-state index in [9.17, 15) is 4.79 Å². The average molecular weight is 153 g/mol. The zero-order chi connectivity index (χ0) is 8.27. The molecule has 1 rings (SSSR count). The minimum Gasteiger partial charge on any atom is -0.459 e. The zero-order valence-electron chi connectivity index (χ0n) is 6.70. The summed E-state index contributed by atoms with van der Waals surface area (Å²) in [5, 5.41) is 0. The highest BCUT2D eigenvalue weighted by Gasteiger charge is 2.11. The van der Waals surface area contributed by atoms with Crippen LogP contribution in [0.1, 0.15) is 17.5 Å². The van der Waals surface area contributed by atoms with Crippen LogP contribution in [0.5, 0.6) is 0 Å². The van der Waals surface area contributed by atoms with Gasteiger partial charge in [-0.3, -0.25) is 4.79 Å². The molecule has 0 aliphatic heterocycles. The lowest BCUT2D eigenvalue weighted by Crippen LogP contribution is -2.25. The Kier molecular flexibility index (Phi) is 2.31. The predicted molar refractivity (Wildman–Crippen MR) is 41.3 cm³/mol. The Morgan fingerprint density at radius 1 is 1.73 bits per heavy atom. The Labute approximate surface area is 65.6 Å². The molecule has 0 radical (unpaired) electrons. The number of hydrogen-bond donors (Lipinski definition) is 0. The quantitative estimate of drug-likeness (QED) is 0.643. The largest absolute Gasteiger partial charge is 0.459 e. The van der Waals surface area contributed by atoms with E-state index in [0.717, 1.165) is 0 Å². The van der Waals surface area contributed by atoms with Crippen LogP contribution in [0.25, 0.3) is 0 Å². The third kappa shape index (κ3) is 1.61. The topological polar surface area (TPSA) is 33.5 Å². The van der Waals surface area contributed by atoms with E-state index in [1.54, 1.807) is 24.1 Å². The van der Waals surface area contributed by atoms with E-state index < -0.39 is 0 Å². The molecule has 0 saturated carbocycles. The van der Waals surface area contributed by atoms with Gasteiger partial charge in [0.2, 0.25) is 0 Å². The summed E-state index contributed by atoms with van der Waals surface area (Å²) in [4.78, 5) is 12.9. The molecule has 3 heteroatoms. The highest BCUT2D eigenvalue weighted by Crippen LogP contribution is 2.02. The van der Waals surface area contributed by atoms with E-state index >= 15 is 0 Å². The van der Waals surface area contributed by atoms with Gasteiger partial charge in [-0.1, -0.05) is 0 Å². The molecule has 1 heterocycles. The second-order valence-electron chi connectivity index (χ2n) is 2.30. The summed E-state index contributed by atoms with van der Waals surface area (Å²) in [5.41, 5.74) is 0. The maximum absolute atomic E-state index is 11.3. The summed E-state index contributed by atoms with van der Waals surface area (Å²) in [6.45, 7) is 2.61. The molecule has 0 aliphatic rings. The fourth-order valence-corrected chi connectivity index (χ4v) is 0.732. The predicted octanol–water partition coefficient (Wildman–Crippen LogP) is 1.37. The number of carbonyl (C=O) groups excluding carboxylic acids is 1. The summed E-state index contributed by atoms with van der Waals surface area (Å²) >= 11 is 0. The molecular weight excluding hydrogens is 142 g/mol. The molecule has 1 aromatic rings. The van der Waals surface area contributed by atoms with Gasteiger partial charge in [0, 0.05) is 13.6 Å². The van der Waals surface area contributed by atoms with E-state index in [2.05, 4.69) is 0 Å². The Bertz CT molecular complexity index is 228. The first-order valence-corrected chi connectivity index (χ1v) is 3.54. The van der Waals surface area contributed by atoms with E-state index in [4.69, 9.17) is 4.42 Å². The van der Waals surface area contributed by atoms with Crippen molar-refractivity contribution < 1.29 is 9.21 Å². The van der Waals surface area contributed by atoms with Gasteiger partial charge in [0.15, 0.2) is 5.76 Å². The van der Waals surface area contributed by atoms with Gasteiger partial charge < -0.3 is 9.32 Å². The van der Waals surface area contributed by atoms with Crippen molar-refractivity contribution in [3.63, 3.8) is 0 Å². The Morgan fingerprint density at radius 2 is 2.45 bits per heavy atom. The van der Waals surface area contributed by atoms with Crippen molar-refractivity contribution >= 4 is 5.91 Å². The molecule has 1 aromatic heterocycles. The van der Waals surface area contributed by atoms with Crippen LogP contribution in [0.3, 0.4) is 0 Å². The van der Waals surface area contributed by atoms with E-state index in [0.29, 0.717) is 12.3 Å². The minimum atomic E-state index is -0.0718. The molecule has 1 amide bonds. The Morgan fingerprint density at radius 3 is 2.91 bits per heavy atom. The third-order valence-corrected chi connectivity index (χ3v) is 1.55. The van der Waals surface area contributed by atoms with Gasteiger partial charge in [0.05, 0.1) is 6.26 Å². The normalized spacial score (nSPS) is 9.64. The molecule has 0 N–H and O–H groups in total. The first-order chi connectivity index (χ1) is 5.25. The summed E-state index contributed by atoms with van der Waals surface area (Å²) < 4.78 is 4.93. The molecule has 0 unspecified atom stereocenters. The van der Waals surface area contributed by atoms with Crippen LogP contribution in [0, 0.1) is 0 Å². The number of carbonyl (C=O) groups is 1. The highest BCUT2D eigenvalue weighted by molar-refractivity contribution is 5.91. The lowest BCUT2D eigenvalue weighted by atomic mass is 10.4. The summed E-state index contributed by atoms with van der Waals surface area (Å²) in [7, 11) is 1.74. The molecule has 60 valence electrons. The number of nitrogens with zero attached hydrogens (tertiary/aromatic N) is 1. The molecule has 11 heavy (non-hydrogen) atoms. The molecule has 0 bridgehead atoms. The third-order valence-electron chi connectivity index (χ3n) is 1.55. The highest BCUT2D eigenvalue weighted by atomic mass is 16.3. The SMILES string of the molecule is CCN(C)C(=O)c1ccco1. The number of amides is 1. The van der Waals surface area contributed by atoms with Crippen molar-refractivity contribution in [2.24, 2.45) is 0 Å². The molecule has 0 saturated heterocycles. The van der Waals surface area contributed by atoms with Crippen molar-refractivity contribution in [3.8, 4) is 0 Å². The molecule has 0 fully saturated rings. The van der Waals surface area contributed by atoms with Crippen LogP contribution >= 0.6 is 0 Å². The fourth-order valence-electron chi connectivity index (χ4n) is 0.732. The van der Waals surface area contributed by atoms with Crippen LogP contribution in [-0.2, 0) is 0 Å². The summed E-state index contributed by atoms with van der Waals surface area (Å²) in [6, 6.07) is 3.37. The Balaban J connectivity index is 2.70. The summed E-state index contributed by atoms with van der Waals surface area (Å²) in [6.07, 6.45) is 1.50. The van der Waals surface area contributed by atoms with E-state index in [1.807, 2.05) is 6.92 Å². The molecule has 0 aliphatic carbocycles. The molecule has 3 nitrogen and oxygen atoms in total. The van der Waals surface area contributed by atoms with Crippen molar-refractivity contribution in [1.29, 1.82) is 0 Å². The first kappa shape index (κ1) is 7.85. The standard InChI is InChI=1S/C8H11NO2/c1-3-9(2)8(10)7-5-4-6-11-7/h4-6H,3H2,1-2H3. The summed E-state index contributed by atoms with van der Waals surface area (Å²) in [5.74, 6) is 0.326. The maximum Gasteiger partial charge on any atom is 0.289 e. The van der Waals surface area contributed by atoms with Crippen molar-refractivity contribution in [1.82, 2.24) is 4.90 Å². The lowest BCUT2D eigenvalue weighted by Gasteiger charge is -2.11. The van der Waals surface area contributed by atoms with Gasteiger partial charge in [-0.2, -0.15) is 0 Å². The second kappa shape index (κ2) is 3.23. The second-order valence-corrected chi connectivity index (χ2v) is 2.30. The van der Waals surface area contributed by atoms with Gasteiger partial charge in [0.25, 0.3) is 5.91 Å². The lowest BCUT2D eigenvalue weighted by molar-refractivity contribution is 0.0771. The minimum absolute atomic E-state index is 0.0718.